The molecule has 210 valence electrons. The summed E-state index contributed by atoms with van der Waals surface area (Å²) < 4.78 is 0. The predicted octanol–water partition coefficient (Wildman–Crippen LogP) is 9.05. The molecule has 0 heterocycles. The van der Waals surface area contributed by atoms with Gasteiger partial charge in [0, 0.05) is 11.8 Å². The van der Waals surface area contributed by atoms with Crippen molar-refractivity contribution in [1.82, 2.24) is 5.32 Å². The zero-order chi connectivity index (χ0) is 29.9. The Hall–Kier alpha value is -5.60. The van der Waals surface area contributed by atoms with Crippen LogP contribution in [0, 0.1) is 11.3 Å². The summed E-state index contributed by atoms with van der Waals surface area (Å²) in [6, 6.07) is 51.9. The smallest absolute Gasteiger partial charge is 0.127 e. The zero-order valence-electron chi connectivity index (χ0n) is 24.1. The van der Waals surface area contributed by atoms with Crippen LogP contribution in [0.15, 0.2) is 151 Å². The van der Waals surface area contributed by atoms with Gasteiger partial charge in [-0.3, -0.25) is 10.3 Å². The lowest BCUT2D eigenvalue weighted by atomic mass is 9.94. The molecule has 0 spiro atoms. The Balaban J connectivity index is 1.32. The predicted molar refractivity (Wildman–Crippen MR) is 182 cm³/mol. The van der Waals surface area contributed by atoms with Gasteiger partial charge in [0.1, 0.15) is 6.17 Å². The molecule has 0 aliphatic carbocycles. The lowest BCUT2D eigenvalue weighted by Gasteiger charge is -2.21. The fraction of sp³-hybridized carbons (Fsp3) is 0.0500. The molecule has 0 radical (unpaired) electrons. The van der Waals surface area contributed by atoms with E-state index < -0.39 is 12.3 Å². The third-order valence-electron chi connectivity index (χ3n) is 8.23. The van der Waals surface area contributed by atoms with Crippen LogP contribution in [0.3, 0.4) is 0 Å². The van der Waals surface area contributed by atoms with Crippen molar-refractivity contribution in [3.63, 3.8) is 0 Å². The summed E-state index contributed by atoms with van der Waals surface area (Å²) in [5.74, 6) is 0. The van der Waals surface area contributed by atoms with E-state index in [1.807, 2.05) is 60.8 Å². The summed E-state index contributed by atoms with van der Waals surface area (Å²) in [5, 5.41) is 19.9. The van der Waals surface area contributed by atoms with Gasteiger partial charge >= 0.3 is 0 Å². The van der Waals surface area contributed by atoms with Crippen molar-refractivity contribution in [2.24, 2.45) is 10.7 Å². The summed E-state index contributed by atoms with van der Waals surface area (Å²) in [6.07, 6.45) is 1.20. The minimum atomic E-state index is -0.412. The Kier molecular flexibility index (Phi) is 7.40. The molecule has 2 unspecified atom stereocenters. The van der Waals surface area contributed by atoms with Crippen molar-refractivity contribution in [2.45, 2.75) is 12.3 Å². The van der Waals surface area contributed by atoms with E-state index in [4.69, 9.17) is 16.0 Å². The third kappa shape index (κ3) is 5.34. The van der Waals surface area contributed by atoms with Crippen LogP contribution in [0.4, 0.5) is 0 Å². The maximum Gasteiger partial charge on any atom is 0.127 e. The molecule has 0 bridgehead atoms. The second-order valence-electron chi connectivity index (χ2n) is 10.9. The molecular weight excluding hydrogens is 536 g/mol. The maximum absolute atomic E-state index is 9.17. The number of nitriles is 1. The molecule has 0 aliphatic heterocycles. The molecule has 0 aliphatic rings. The quantitative estimate of drug-likeness (QED) is 0.0875. The molecule has 44 heavy (non-hydrogen) atoms. The molecule has 0 fully saturated rings. The summed E-state index contributed by atoms with van der Waals surface area (Å²) in [4.78, 5) is 5.18. The highest BCUT2D eigenvalue weighted by Gasteiger charge is 2.16. The Morgan fingerprint density at radius 2 is 1.23 bits per heavy atom. The van der Waals surface area contributed by atoms with Gasteiger partial charge in [-0.25, -0.2) is 0 Å². The number of rotatable bonds is 7. The van der Waals surface area contributed by atoms with E-state index in [1.165, 1.54) is 21.5 Å². The first-order chi connectivity index (χ1) is 21.7. The first-order valence-corrected chi connectivity index (χ1v) is 14.7. The highest BCUT2D eigenvalue weighted by atomic mass is 15.1. The summed E-state index contributed by atoms with van der Waals surface area (Å²) in [7, 11) is 0. The van der Waals surface area contributed by atoms with Gasteiger partial charge in [0.05, 0.1) is 17.8 Å². The fourth-order valence-corrected chi connectivity index (χ4v) is 5.89. The lowest BCUT2D eigenvalue weighted by molar-refractivity contribution is 0.467. The molecule has 0 aromatic heterocycles. The number of nitrogens with two attached hydrogens (primary N) is 1. The summed E-state index contributed by atoms with van der Waals surface area (Å²) in [6.45, 7) is 0. The Labute approximate surface area is 256 Å². The van der Waals surface area contributed by atoms with E-state index in [1.54, 1.807) is 0 Å². The molecule has 7 rings (SSSR count). The van der Waals surface area contributed by atoms with Crippen LogP contribution in [-0.2, 0) is 0 Å². The minimum absolute atomic E-state index is 0.394. The molecule has 0 amide bonds. The number of aliphatic imine (C=N–C) groups is 1. The Morgan fingerprint density at radius 3 is 1.95 bits per heavy atom. The molecule has 7 aromatic rings. The van der Waals surface area contributed by atoms with E-state index in [-0.39, 0.29) is 0 Å². The Morgan fingerprint density at radius 1 is 0.591 bits per heavy atom. The van der Waals surface area contributed by atoms with Crippen molar-refractivity contribution in [2.75, 3.05) is 0 Å². The second-order valence-corrected chi connectivity index (χ2v) is 10.9. The second kappa shape index (κ2) is 11.9. The van der Waals surface area contributed by atoms with Crippen LogP contribution in [0.25, 0.3) is 43.4 Å². The first kappa shape index (κ1) is 27.2. The van der Waals surface area contributed by atoms with Crippen LogP contribution in [0.5, 0.6) is 0 Å². The van der Waals surface area contributed by atoms with E-state index in [0.29, 0.717) is 5.56 Å². The van der Waals surface area contributed by atoms with Gasteiger partial charge in [-0.05, 0) is 72.8 Å². The molecule has 3 N–H and O–H groups in total. The van der Waals surface area contributed by atoms with E-state index in [2.05, 4.69) is 102 Å². The minimum Gasteiger partial charge on any atom is -0.312 e. The lowest BCUT2D eigenvalue weighted by Crippen LogP contribution is -2.31. The van der Waals surface area contributed by atoms with Crippen molar-refractivity contribution in [1.29, 1.82) is 5.26 Å². The van der Waals surface area contributed by atoms with Gasteiger partial charge in [0.2, 0.25) is 0 Å². The van der Waals surface area contributed by atoms with Crippen LogP contribution >= 0.6 is 0 Å². The molecule has 0 saturated carbocycles. The van der Waals surface area contributed by atoms with Gasteiger partial charge < -0.3 is 5.73 Å². The molecule has 4 heteroatoms. The van der Waals surface area contributed by atoms with E-state index >= 15 is 0 Å². The monoisotopic (exact) mass is 566 g/mol. The number of nitrogens with zero attached hydrogens (tertiary/aromatic N) is 2. The van der Waals surface area contributed by atoms with Crippen molar-refractivity contribution < 1.29 is 0 Å². The number of nitrogens with one attached hydrogen (secondary N) is 1. The molecule has 4 nitrogen and oxygen atoms in total. The van der Waals surface area contributed by atoms with Crippen molar-refractivity contribution >= 4 is 38.5 Å². The van der Waals surface area contributed by atoms with Crippen molar-refractivity contribution in [3.8, 4) is 17.2 Å². The van der Waals surface area contributed by atoms with Crippen LogP contribution in [0.1, 0.15) is 34.6 Å². The molecule has 0 saturated heterocycles. The van der Waals surface area contributed by atoms with Gasteiger partial charge in [0.15, 0.2) is 0 Å². The number of hydrogen-bond donors (Lipinski definition) is 2. The van der Waals surface area contributed by atoms with E-state index in [9.17, 15) is 0 Å². The Bertz CT molecular complexity index is 2160. The highest BCUT2D eigenvalue weighted by molar-refractivity contribution is 6.20. The number of fused-ring (bicyclic) bond motifs is 4. The highest BCUT2D eigenvalue weighted by Crippen LogP contribution is 2.33. The fourth-order valence-electron chi connectivity index (χ4n) is 5.89. The van der Waals surface area contributed by atoms with Gasteiger partial charge in [-0.2, -0.15) is 5.26 Å². The SMILES string of the molecule is N#Cc1ccc(-c2ccc(C(/N=C/c3c4ccccc4cc4c3ccc3ccccc34)NC(N)c3ccccc3)cc2)cc1. The average molecular weight is 567 g/mol. The largest absolute Gasteiger partial charge is 0.312 e. The molecule has 2 atom stereocenters. The van der Waals surface area contributed by atoms with Crippen molar-refractivity contribution in [3.05, 3.63) is 168 Å². The standard InChI is InChI=1S/C40H30N4/c41-25-27-14-16-28(17-15-27)29-18-20-32(21-19-29)40(44-39(42)31-9-2-1-3-10-31)43-26-38-35-13-7-5-11-33(35)24-37-34-12-6-4-8-30(34)22-23-36(37)38/h1-24,26,39-40,44H,42H2/b43-26+. The van der Waals surface area contributed by atoms with Gasteiger partial charge in [-0.1, -0.05) is 127 Å². The van der Waals surface area contributed by atoms with Crippen LogP contribution in [0.2, 0.25) is 0 Å². The molecule has 7 aromatic carbocycles. The average Bonchev–Trinajstić information content (AvgIpc) is 3.10. The topological polar surface area (TPSA) is 74.2 Å². The molecular formula is C40H30N4. The van der Waals surface area contributed by atoms with Gasteiger partial charge in [0.25, 0.3) is 0 Å². The number of benzene rings is 7. The zero-order valence-corrected chi connectivity index (χ0v) is 24.1. The number of hydrogen-bond acceptors (Lipinski definition) is 4. The normalized spacial score (nSPS) is 12.9. The third-order valence-corrected chi connectivity index (χ3v) is 8.23. The maximum atomic E-state index is 9.17. The van der Waals surface area contributed by atoms with E-state index in [0.717, 1.165) is 38.6 Å². The van der Waals surface area contributed by atoms with Gasteiger partial charge in [-0.15, -0.1) is 0 Å². The van der Waals surface area contributed by atoms with Crippen LogP contribution in [-0.4, -0.2) is 6.21 Å². The first-order valence-electron chi connectivity index (χ1n) is 14.7. The summed E-state index contributed by atoms with van der Waals surface area (Å²) >= 11 is 0. The van der Waals surface area contributed by atoms with Crippen LogP contribution < -0.4 is 11.1 Å². The summed E-state index contributed by atoms with van der Waals surface area (Å²) in [5.41, 5.74) is 12.5.